The summed E-state index contributed by atoms with van der Waals surface area (Å²) in [5, 5.41) is 0. The van der Waals surface area contributed by atoms with Crippen molar-refractivity contribution in [3.8, 4) is 11.5 Å². The summed E-state index contributed by atoms with van der Waals surface area (Å²) < 4.78 is 11.4. The average molecular weight is 422 g/mol. The summed E-state index contributed by atoms with van der Waals surface area (Å²) in [5.74, 6) is 1.76. The van der Waals surface area contributed by atoms with Crippen molar-refractivity contribution in [2.24, 2.45) is 0 Å². The largest absolute Gasteiger partial charge is 0.497 e. The highest BCUT2D eigenvalue weighted by Gasteiger charge is 2.28. The van der Waals surface area contributed by atoms with Crippen LogP contribution in [0.25, 0.3) is 0 Å². The number of aryl methyl sites for hydroxylation is 1. The predicted molar refractivity (Wildman–Crippen MR) is 130 cm³/mol. The lowest BCUT2D eigenvalue weighted by Gasteiger charge is -2.39. The van der Waals surface area contributed by atoms with E-state index in [0.29, 0.717) is 6.61 Å². The molecule has 160 valence electrons. The Morgan fingerprint density at radius 2 is 1.44 bits per heavy atom. The van der Waals surface area contributed by atoms with Gasteiger partial charge in [-0.2, -0.15) is 0 Å². The molecule has 1 atom stereocenters. The van der Waals surface area contributed by atoms with Gasteiger partial charge < -0.3 is 14.4 Å². The zero-order valence-electron chi connectivity index (χ0n) is 18.3. The standard InChI is InChI=1S/C29H27NO2/c1-31-26-16-11-24(12-17-26)29-20-13-23-9-5-6-10-28(23)30(29)25-14-18-27(19-15-25)32-21-22-7-3-2-4-8-22/h2-12,14-19,29H,13,20-21H2,1H3. The Labute approximate surface area is 189 Å². The van der Waals surface area contributed by atoms with Crippen molar-refractivity contribution < 1.29 is 9.47 Å². The molecule has 0 amide bonds. The Balaban J connectivity index is 1.43. The molecule has 32 heavy (non-hydrogen) atoms. The van der Waals surface area contributed by atoms with Crippen LogP contribution in [-0.2, 0) is 13.0 Å². The van der Waals surface area contributed by atoms with Crippen LogP contribution in [0.3, 0.4) is 0 Å². The highest BCUT2D eigenvalue weighted by Crippen LogP contribution is 2.44. The summed E-state index contributed by atoms with van der Waals surface area (Å²) >= 11 is 0. The highest BCUT2D eigenvalue weighted by atomic mass is 16.5. The Hall–Kier alpha value is -3.72. The summed E-state index contributed by atoms with van der Waals surface area (Å²) in [5.41, 5.74) is 6.30. The van der Waals surface area contributed by atoms with Gasteiger partial charge in [0.05, 0.1) is 13.2 Å². The number of benzene rings is 4. The summed E-state index contributed by atoms with van der Waals surface area (Å²) in [6, 6.07) is 36.2. The fraction of sp³-hybridized carbons (Fsp3) is 0.172. The number of fused-ring (bicyclic) bond motifs is 1. The zero-order chi connectivity index (χ0) is 21.8. The van der Waals surface area contributed by atoms with Crippen molar-refractivity contribution in [2.45, 2.75) is 25.5 Å². The summed E-state index contributed by atoms with van der Waals surface area (Å²) in [7, 11) is 1.71. The van der Waals surface area contributed by atoms with E-state index in [0.717, 1.165) is 24.3 Å². The summed E-state index contributed by atoms with van der Waals surface area (Å²) in [6.45, 7) is 0.571. The third kappa shape index (κ3) is 4.19. The first-order valence-corrected chi connectivity index (χ1v) is 11.1. The smallest absolute Gasteiger partial charge is 0.119 e. The van der Waals surface area contributed by atoms with Gasteiger partial charge in [-0.05, 0) is 72.0 Å². The van der Waals surface area contributed by atoms with Crippen LogP contribution in [0.15, 0.2) is 103 Å². The lowest BCUT2D eigenvalue weighted by atomic mass is 9.90. The number of nitrogens with zero attached hydrogens (tertiary/aromatic N) is 1. The maximum atomic E-state index is 6.01. The van der Waals surface area contributed by atoms with Gasteiger partial charge in [0.15, 0.2) is 0 Å². The van der Waals surface area contributed by atoms with Gasteiger partial charge in [0.1, 0.15) is 18.1 Å². The molecule has 3 heteroatoms. The molecule has 0 saturated carbocycles. The van der Waals surface area contributed by atoms with Crippen molar-refractivity contribution in [3.63, 3.8) is 0 Å². The number of rotatable bonds is 6. The van der Waals surface area contributed by atoms with Crippen molar-refractivity contribution in [1.82, 2.24) is 0 Å². The SMILES string of the molecule is COc1ccc(C2CCc3ccccc3N2c2ccc(OCc3ccccc3)cc2)cc1. The molecule has 4 aromatic rings. The number of anilines is 2. The molecule has 1 aliphatic heterocycles. The minimum absolute atomic E-state index is 0.270. The summed E-state index contributed by atoms with van der Waals surface area (Å²) in [6.07, 6.45) is 2.14. The molecular formula is C29H27NO2. The van der Waals surface area contributed by atoms with Crippen LogP contribution in [0.4, 0.5) is 11.4 Å². The Morgan fingerprint density at radius 3 is 2.19 bits per heavy atom. The third-order valence-corrected chi connectivity index (χ3v) is 6.11. The molecule has 0 aliphatic carbocycles. The van der Waals surface area contributed by atoms with Crippen molar-refractivity contribution >= 4 is 11.4 Å². The maximum Gasteiger partial charge on any atom is 0.119 e. The van der Waals surface area contributed by atoms with E-state index in [4.69, 9.17) is 9.47 Å². The predicted octanol–water partition coefficient (Wildman–Crippen LogP) is 7.10. The average Bonchev–Trinajstić information content (AvgIpc) is 2.88. The lowest BCUT2D eigenvalue weighted by molar-refractivity contribution is 0.306. The highest BCUT2D eigenvalue weighted by molar-refractivity contribution is 5.70. The Morgan fingerprint density at radius 1 is 0.750 bits per heavy atom. The Bertz CT molecular complexity index is 1150. The van der Waals surface area contributed by atoms with Gasteiger partial charge in [0.25, 0.3) is 0 Å². The number of ether oxygens (including phenoxy) is 2. The topological polar surface area (TPSA) is 21.7 Å². The second-order valence-electron chi connectivity index (χ2n) is 8.09. The van der Waals surface area contributed by atoms with Crippen LogP contribution < -0.4 is 14.4 Å². The van der Waals surface area contributed by atoms with Gasteiger partial charge in [-0.15, -0.1) is 0 Å². The molecule has 0 radical (unpaired) electrons. The molecule has 5 rings (SSSR count). The molecule has 1 heterocycles. The molecule has 0 fully saturated rings. The minimum Gasteiger partial charge on any atom is -0.497 e. The van der Waals surface area contributed by atoms with E-state index in [2.05, 4.69) is 89.8 Å². The van der Waals surface area contributed by atoms with Crippen molar-refractivity contribution in [3.05, 3.63) is 120 Å². The maximum absolute atomic E-state index is 6.01. The van der Waals surface area contributed by atoms with E-state index in [1.165, 1.54) is 28.1 Å². The Kier molecular flexibility index (Phi) is 5.80. The van der Waals surface area contributed by atoms with Crippen LogP contribution in [0.2, 0.25) is 0 Å². The zero-order valence-corrected chi connectivity index (χ0v) is 18.3. The number of hydrogen-bond acceptors (Lipinski definition) is 3. The molecule has 0 spiro atoms. The van der Waals surface area contributed by atoms with Crippen molar-refractivity contribution in [1.29, 1.82) is 0 Å². The quantitative estimate of drug-likeness (QED) is 0.331. The monoisotopic (exact) mass is 421 g/mol. The van der Waals surface area contributed by atoms with E-state index >= 15 is 0 Å². The van der Waals surface area contributed by atoms with Crippen LogP contribution in [0.1, 0.15) is 29.2 Å². The fourth-order valence-corrected chi connectivity index (χ4v) is 4.45. The first-order valence-electron chi connectivity index (χ1n) is 11.1. The molecule has 4 aromatic carbocycles. The molecule has 1 unspecified atom stereocenters. The molecule has 0 aromatic heterocycles. The number of methoxy groups -OCH3 is 1. The van der Waals surface area contributed by atoms with Gasteiger partial charge in [0.2, 0.25) is 0 Å². The van der Waals surface area contributed by atoms with Gasteiger partial charge in [-0.25, -0.2) is 0 Å². The molecular weight excluding hydrogens is 394 g/mol. The molecule has 0 bridgehead atoms. The van der Waals surface area contributed by atoms with Crippen LogP contribution in [0.5, 0.6) is 11.5 Å². The van der Waals surface area contributed by atoms with E-state index < -0.39 is 0 Å². The third-order valence-electron chi connectivity index (χ3n) is 6.11. The second-order valence-corrected chi connectivity index (χ2v) is 8.09. The molecule has 1 aliphatic rings. The van der Waals surface area contributed by atoms with E-state index in [1.807, 2.05) is 18.2 Å². The van der Waals surface area contributed by atoms with E-state index in [9.17, 15) is 0 Å². The molecule has 0 N–H and O–H groups in total. The van der Waals surface area contributed by atoms with E-state index in [1.54, 1.807) is 7.11 Å². The number of hydrogen-bond donors (Lipinski definition) is 0. The summed E-state index contributed by atoms with van der Waals surface area (Å²) in [4.78, 5) is 2.46. The normalized spacial score (nSPS) is 15.2. The number of para-hydroxylation sites is 1. The van der Waals surface area contributed by atoms with E-state index in [-0.39, 0.29) is 6.04 Å². The van der Waals surface area contributed by atoms with Crippen LogP contribution in [-0.4, -0.2) is 7.11 Å². The molecule has 0 saturated heterocycles. The first-order chi connectivity index (χ1) is 15.8. The first kappa shape index (κ1) is 20.2. The van der Waals surface area contributed by atoms with Gasteiger partial charge in [0, 0.05) is 11.4 Å². The van der Waals surface area contributed by atoms with Crippen LogP contribution >= 0.6 is 0 Å². The van der Waals surface area contributed by atoms with Gasteiger partial charge >= 0.3 is 0 Å². The lowest BCUT2D eigenvalue weighted by Crippen LogP contribution is -2.29. The van der Waals surface area contributed by atoms with Crippen molar-refractivity contribution in [2.75, 3.05) is 12.0 Å². The van der Waals surface area contributed by atoms with Gasteiger partial charge in [-0.1, -0.05) is 60.7 Å². The second kappa shape index (κ2) is 9.19. The van der Waals surface area contributed by atoms with Gasteiger partial charge in [-0.3, -0.25) is 0 Å². The van der Waals surface area contributed by atoms with Crippen LogP contribution in [0, 0.1) is 0 Å². The molecule has 3 nitrogen and oxygen atoms in total. The minimum atomic E-state index is 0.270. The fourth-order valence-electron chi connectivity index (χ4n) is 4.45.